The Hall–Kier alpha value is -1.79. The predicted octanol–water partition coefficient (Wildman–Crippen LogP) is -0.866. The summed E-state index contributed by atoms with van der Waals surface area (Å²) >= 11 is 0. The zero-order valence-corrected chi connectivity index (χ0v) is 9.31. The Morgan fingerprint density at radius 2 is 2.24 bits per heavy atom. The molecule has 94 valence electrons. The predicted molar refractivity (Wildman–Crippen MR) is 57.3 cm³/mol. The number of carbonyl (C=O) groups is 3. The number of amides is 3. The molecule has 0 aromatic carbocycles. The summed E-state index contributed by atoms with van der Waals surface area (Å²) in [6.45, 7) is 0.868. The number of rotatable bonds is 2. The van der Waals surface area contributed by atoms with E-state index < -0.39 is 18.0 Å². The van der Waals surface area contributed by atoms with Crippen LogP contribution in [0.1, 0.15) is 19.3 Å². The molecule has 2 fully saturated rings. The van der Waals surface area contributed by atoms with Gasteiger partial charge in [-0.15, -0.1) is 0 Å². The smallest absolute Gasteiger partial charge is 0.326 e. The lowest BCUT2D eigenvalue weighted by atomic mass is 10.2. The first-order valence-electron chi connectivity index (χ1n) is 5.64. The summed E-state index contributed by atoms with van der Waals surface area (Å²) in [5, 5.41) is 14.2. The number of nitrogens with zero attached hydrogens (tertiary/aromatic N) is 1. The van der Waals surface area contributed by atoms with E-state index in [4.69, 9.17) is 5.11 Å². The van der Waals surface area contributed by atoms with Crippen LogP contribution in [0.3, 0.4) is 0 Å². The van der Waals surface area contributed by atoms with Gasteiger partial charge >= 0.3 is 12.0 Å². The van der Waals surface area contributed by atoms with Crippen molar-refractivity contribution in [1.82, 2.24) is 15.5 Å². The lowest BCUT2D eigenvalue weighted by Gasteiger charge is -2.23. The molecule has 3 N–H and O–H groups in total. The number of nitrogens with one attached hydrogen (secondary N) is 2. The molecule has 7 heteroatoms. The van der Waals surface area contributed by atoms with Gasteiger partial charge in [-0.1, -0.05) is 0 Å². The highest BCUT2D eigenvalue weighted by Crippen LogP contribution is 2.17. The third-order valence-corrected chi connectivity index (χ3v) is 3.10. The molecule has 2 saturated heterocycles. The summed E-state index contributed by atoms with van der Waals surface area (Å²) in [5.41, 5.74) is 0. The molecule has 2 heterocycles. The zero-order valence-electron chi connectivity index (χ0n) is 9.31. The second-order valence-corrected chi connectivity index (χ2v) is 4.34. The maximum atomic E-state index is 11.8. The van der Waals surface area contributed by atoms with Crippen LogP contribution >= 0.6 is 0 Å². The summed E-state index contributed by atoms with van der Waals surface area (Å²) in [6, 6.07) is -1.36. The highest BCUT2D eigenvalue weighted by molar-refractivity contribution is 5.85. The third kappa shape index (κ3) is 2.48. The Labute approximate surface area is 98.2 Å². The van der Waals surface area contributed by atoms with Gasteiger partial charge in [0, 0.05) is 19.5 Å². The van der Waals surface area contributed by atoms with Crippen LogP contribution in [0, 0.1) is 0 Å². The molecule has 17 heavy (non-hydrogen) atoms. The van der Waals surface area contributed by atoms with Crippen molar-refractivity contribution in [2.75, 3.05) is 13.1 Å². The highest BCUT2D eigenvalue weighted by Gasteiger charge is 2.35. The minimum Gasteiger partial charge on any atom is -0.480 e. The summed E-state index contributed by atoms with van der Waals surface area (Å²) < 4.78 is 0. The lowest BCUT2D eigenvalue weighted by Crippen LogP contribution is -2.49. The van der Waals surface area contributed by atoms with Crippen molar-refractivity contribution >= 4 is 17.9 Å². The first-order valence-corrected chi connectivity index (χ1v) is 5.64. The Bertz CT molecular complexity index is 357. The fourth-order valence-electron chi connectivity index (χ4n) is 2.23. The maximum absolute atomic E-state index is 11.8. The Morgan fingerprint density at radius 3 is 2.82 bits per heavy atom. The van der Waals surface area contributed by atoms with Crippen LogP contribution in [0.2, 0.25) is 0 Å². The van der Waals surface area contributed by atoms with Crippen molar-refractivity contribution in [2.24, 2.45) is 0 Å². The van der Waals surface area contributed by atoms with Crippen LogP contribution in [-0.2, 0) is 9.59 Å². The van der Waals surface area contributed by atoms with Gasteiger partial charge in [-0.3, -0.25) is 4.79 Å². The number of carboxylic acids is 1. The number of carbonyl (C=O) groups excluding carboxylic acids is 2. The largest absolute Gasteiger partial charge is 0.480 e. The minimum absolute atomic E-state index is 0.0912. The van der Waals surface area contributed by atoms with E-state index in [1.54, 1.807) is 0 Å². The van der Waals surface area contributed by atoms with E-state index in [1.807, 2.05) is 0 Å². The van der Waals surface area contributed by atoms with Crippen LogP contribution < -0.4 is 10.6 Å². The Kier molecular flexibility index (Phi) is 3.16. The zero-order chi connectivity index (χ0) is 12.4. The van der Waals surface area contributed by atoms with Crippen LogP contribution in [0.4, 0.5) is 4.79 Å². The van der Waals surface area contributed by atoms with E-state index >= 15 is 0 Å². The minimum atomic E-state index is -0.974. The molecule has 0 aromatic rings. The van der Waals surface area contributed by atoms with Crippen molar-refractivity contribution in [3.63, 3.8) is 0 Å². The van der Waals surface area contributed by atoms with Crippen molar-refractivity contribution in [2.45, 2.75) is 31.3 Å². The molecule has 2 atom stereocenters. The van der Waals surface area contributed by atoms with Gasteiger partial charge in [0.15, 0.2) is 0 Å². The molecule has 2 unspecified atom stereocenters. The van der Waals surface area contributed by atoms with Gasteiger partial charge in [-0.05, 0) is 12.8 Å². The molecule has 0 radical (unpaired) electrons. The number of urea groups is 1. The molecular formula is C10H15N3O4. The molecule has 2 rings (SSSR count). The Balaban J connectivity index is 1.91. The molecule has 0 saturated carbocycles. The number of aliphatic carboxylic acids is 1. The van der Waals surface area contributed by atoms with E-state index in [2.05, 4.69) is 10.6 Å². The molecule has 3 amide bonds. The molecular weight excluding hydrogens is 226 g/mol. The number of hydrogen-bond donors (Lipinski definition) is 3. The van der Waals surface area contributed by atoms with E-state index in [-0.39, 0.29) is 18.4 Å². The standard InChI is InChI=1S/C10H15N3O4/c14-8-4-6(5-11-8)12-10(17)13-3-1-2-7(13)9(15)16/h6-7H,1-5H2,(H,11,14)(H,12,17)(H,15,16). The average molecular weight is 241 g/mol. The van der Waals surface area contributed by atoms with Crippen molar-refractivity contribution < 1.29 is 19.5 Å². The normalized spacial score (nSPS) is 28.0. The first-order chi connectivity index (χ1) is 8.08. The fourth-order valence-corrected chi connectivity index (χ4v) is 2.23. The SMILES string of the molecule is O=C1CC(NC(=O)N2CCCC2C(=O)O)CN1. The van der Waals surface area contributed by atoms with E-state index in [1.165, 1.54) is 4.90 Å². The topological polar surface area (TPSA) is 98.7 Å². The average Bonchev–Trinajstić information content (AvgIpc) is 2.86. The molecule has 2 aliphatic rings. The molecule has 2 aliphatic heterocycles. The second-order valence-electron chi connectivity index (χ2n) is 4.34. The monoisotopic (exact) mass is 241 g/mol. The highest BCUT2D eigenvalue weighted by atomic mass is 16.4. The summed E-state index contributed by atoms with van der Waals surface area (Å²) in [7, 11) is 0. The van der Waals surface area contributed by atoms with Crippen molar-refractivity contribution in [1.29, 1.82) is 0 Å². The summed E-state index contributed by atoms with van der Waals surface area (Å²) in [4.78, 5) is 35.0. The summed E-state index contributed by atoms with van der Waals surface area (Å²) in [5.74, 6) is -1.07. The fraction of sp³-hybridized carbons (Fsp3) is 0.700. The van der Waals surface area contributed by atoms with Gasteiger partial charge in [0.2, 0.25) is 5.91 Å². The first kappa shape index (κ1) is 11.7. The lowest BCUT2D eigenvalue weighted by molar-refractivity contribution is -0.141. The van der Waals surface area contributed by atoms with Crippen molar-refractivity contribution in [3.8, 4) is 0 Å². The van der Waals surface area contributed by atoms with Crippen LogP contribution in [0.5, 0.6) is 0 Å². The van der Waals surface area contributed by atoms with Gasteiger partial charge < -0.3 is 20.6 Å². The molecule has 0 spiro atoms. The molecule has 0 bridgehead atoms. The van der Waals surface area contributed by atoms with Crippen molar-refractivity contribution in [3.05, 3.63) is 0 Å². The van der Waals surface area contributed by atoms with Crippen LogP contribution in [-0.4, -0.2) is 53.1 Å². The van der Waals surface area contributed by atoms with Gasteiger partial charge in [0.1, 0.15) is 6.04 Å². The second kappa shape index (κ2) is 4.60. The van der Waals surface area contributed by atoms with E-state index in [0.717, 1.165) is 0 Å². The quantitative estimate of drug-likeness (QED) is 0.585. The third-order valence-electron chi connectivity index (χ3n) is 3.10. The van der Waals surface area contributed by atoms with Gasteiger partial charge in [0.25, 0.3) is 0 Å². The summed E-state index contributed by atoms with van der Waals surface area (Å²) in [6.07, 6.45) is 1.45. The van der Waals surface area contributed by atoms with Gasteiger partial charge in [-0.2, -0.15) is 0 Å². The molecule has 7 nitrogen and oxygen atoms in total. The van der Waals surface area contributed by atoms with E-state index in [9.17, 15) is 14.4 Å². The maximum Gasteiger partial charge on any atom is 0.326 e. The Morgan fingerprint density at radius 1 is 1.47 bits per heavy atom. The molecule has 0 aliphatic carbocycles. The van der Waals surface area contributed by atoms with E-state index in [0.29, 0.717) is 25.9 Å². The number of carboxylic acid groups (broad SMARTS) is 1. The number of likely N-dealkylation sites (tertiary alicyclic amines) is 1. The van der Waals surface area contributed by atoms with Gasteiger partial charge in [-0.25, -0.2) is 9.59 Å². The van der Waals surface area contributed by atoms with Crippen LogP contribution in [0.15, 0.2) is 0 Å². The van der Waals surface area contributed by atoms with Crippen LogP contribution in [0.25, 0.3) is 0 Å². The number of hydrogen-bond acceptors (Lipinski definition) is 3. The molecule has 0 aromatic heterocycles. The van der Waals surface area contributed by atoms with Gasteiger partial charge in [0.05, 0.1) is 6.04 Å².